The first-order chi connectivity index (χ1) is 17.3. The van der Waals surface area contributed by atoms with E-state index in [1.54, 1.807) is 54.5 Å². The van der Waals surface area contributed by atoms with Crippen LogP contribution in [0, 0.1) is 17.1 Å². The minimum absolute atomic E-state index is 0.170. The lowest BCUT2D eigenvalue weighted by Gasteiger charge is -2.32. The van der Waals surface area contributed by atoms with E-state index in [1.807, 2.05) is 12.1 Å². The molecule has 1 N–H and O–H groups in total. The van der Waals surface area contributed by atoms with Crippen LogP contribution in [0.1, 0.15) is 22.3 Å². The highest BCUT2D eigenvalue weighted by Crippen LogP contribution is 2.35. The third-order valence-corrected chi connectivity index (χ3v) is 6.82. The Morgan fingerprint density at radius 1 is 1.11 bits per heavy atom. The molecule has 180 valence electrons. The largest absolute Gasteiger partial charge is 0.340 e. The molecule has 1 saturated heterocycles. The number of carbonyl (C=O) groups is 1. The van der Waals surface area contributed by atoms with Gasteiger partial charge in [0.25, 0.3) is 5.91 Å². The number of halogens is 3. The Kier molecular flexibility index (Phi) is 6.63. The summed E-state index contributed by atoms with van der Waals surface area (Å²) in [5.74, 6) is -0.676. The number of nitrogens with zero attached hydrogens (tertiary/aromatic N) is 3. The molecule has 0 aliphatic carbocycles. The maximum Gasteiger partial charge on any atom is 0.255 e. The van der Waals surface area contributed by atoms with Gasteiger partial charge >= 0.3 is 0 Å². The number of fused-ring (bicyclic) bond motifs is 1. The first-order valence-electron chi connectivity index (χ1n) is 11.4. The Balaban J connectivity index is 1.72. The third kappa shape index (κ3) is 4.78. The molecular weight excluding hydrogens is 498 g/mol. The molecule has 0 spiro atoms. The molecule has 1 aromatic heterocycles. The average Bonchev–Trinajstić information content (AvgIpc) is 2.83. The van der Waals surface area contributed by atoms with Crippen LogP contribution in [0.5, 0.6) is 0 Å². The first-order valence-corrected chi connectivity index (χ1v) is 12.2. The summed E-state index contributed by atoms with van der Waals surface area (Å²) in [5, 5.41) is 14.1. The molecule has 8 heteroatoms. The highest BCUT2D eigenvalue weighted by molar-refractivity contribution is 6.35. The van der Waals surface area contributed by atoms with Crippen LogP contribution in [-0.4, -0.2) is 42.0 Å². The topological polar surface area (TPSA) is 69.0 Å². The minimum atomic E-state index is -0.506. The van der Waals surface area contributed by atoms with Crippen LogP contribution in [0.4, 0.5) is 4.39 Å². The second kappa shape index (κ2) is 9.87. The van der Waals surface area contributed by atoms with Gasteiger partial charge in [0, 0.05) is 46.8 Å². The van der Waals surface area contributed by atoms with Crippen LogP contribution in [0.25, 0.3) is 33.2 Å². The van der Waals surface area contributed by atoms with Crippen LogP contribution in [-0.2, 0) is 0 Å². The molecule has 1 aliphatic heterocycles. The maximum absolute atomic E-state index is 14.2. The molecule has 1 atom stereocenters. The fourth-order valence-electron chi connectivity index (χ4n) is 4.46. The Bertz CT molecular complexity index is 1520. The lowest BCUT2D eigenvalue weighted by molar-refractivity contribution is 0.0769. The number of hydrogen-bond donors (Lipinski definition) is 1. The fraction of sp³-hybridized carbons (Fsp3) is 0.179. The Hall–Kier alpha value is -3.50. The van der Waals surface area contributed by atoms with Crippen LogP contribution in [0.2, 0.25) is 10.0 Å². The molecule has 1 fully saturated rings. The van der Waals surface area contributed by atoms with E-state index >= 15 is 0 Å². The van der Waals surface area contributed by atoms with Crippen molar-refractivity contribution in [3.8, 4) is 28.3 Å². The van der Waals surface area contributed by atoms with Crippen LogP contribution >= 0.6 is 23.2 Å². The van der Waals surface area contributed by atoms with E-state index in [1.165, 1.54) is 12.1 Å². The highest BCUT2D eigenvalue weighted by atomic mass is 35.5. The van der Waals surface area contributed by atoms with Crippen molar-refractivity contribution in [1.29, 1.82) is 5.26 Å². The van der Waals surface area contributed by atoms with E-state index in [-0.39, 0.29) is 17.5 Å². The second-order valence-corrected chi connectivity index (χ2v) is 9.78. The number of carbonyl (C=O) groups excluding carboxylic acids is 1. The fourth-order valence-corrected chi connectivity index (χ4v) is 4.99. The summed E-state index contributed by atoms with van der Waals surface area (Å²) in [6.45, 7) is 1.51. The SMILES string of the molecule is CN(C[C@@H]1CCN1)C(=O)c1c(-c2cc(Cl)cc(Cl)c2)cnc2ccc(-c3cc(F)cc(C#N)c3)cc12. The van der Waals surface area contributed by atoms with Gasteiger partial charge in [-0.1, -0.05) is 29.3 Å². The van der Waals surface area contributed by atoms with E-state index < -0.39 is 5.82 Å². The van der Waals surface area contributed by atoms with Crippen molar-refractivity contribution in [3.05, 3.63) is 87.8 Å². The van der Waals surface area contributed by atoms with Gasteiger partial charge in [0.2, 0.25) is 0 Å². The molecule has 0 bridgehead atoms. The number of nitriles is 1. The van der Waals surface area contributed by atoms with Gasteiger partial charge in [-0.3, -0.25) is 9.78 Å². The van der Waals surface area contributed by atoms with Crippen molar-refractivity contribution in [3.63, 3.8) is 0 Å². The van der Waals surface area contributed by atoms with Gasteiger partial charge < -0.3 is 10.2 Å². The van der Waals surface area contributed by atoms with E-state index in [0.29, 0.717) is 55.3 Å². The van der Waals surface area contributed by atoms with Crippen molar-refractivity contribution >= 4 is 40.0 Å². The summed E-state index contributed by atoms with van der Waals surface area (Å²) in [6, 6.07) is 16.9. The van der Waals surface area contributed by atoms with Crippen LogP contribution in [0.3, 0.4) is 0 Å². The van der Waals surface area contributed by atoms with Gasteiger partial charge in [0.1, 0.15) is 5.82 Å². The van der Waals surface area contributed by atoms with Crippen molar-refractivity contribution in [1.82, 2.24) is 15.2 Å². The van der Waals surface area contributed by atoms with E-state index in [9.17, 15) is 14.4 Å². The number of hydrogen-bond acceptors (Lipinski definition) is 4. The normalized spacial score (nSPS) is 14.8. The molecule has 3 aromatic carbocycles. The Labute approximate surface area is 218 Å². The van der Waals surface area contributed by atoms with Crippen molar-refractivity contribution in [2.45, 2.75) is 12.5 Å². The number of rotatable bonds is 5. The second-order valence-electron chi connectivity index (χ2n) is 8.90. The molecule has 0 saturated carbocycles. The quantitative estimate of drug-likeness (QED) is 0.335. The summed E-state index contributed by atoms with van der Waals surface area (Å²) >= 11 is 12.6. The zero-order chi connectivity index (χ0) is 25.4. The summed E-state index contributed by atoms with van der Waals surface area (Å²) in [6.07, 6.45) is 2.67. The van der Waals surface area contributed by atoms with Gasteiger partial charge in [-0.15, -0.1) is 0 Å². The van der Waals surface area contributed by atoms with Crippen LogP contribution < -0.4 is 5.32 Å². The number of aromatic nitrogens is 1. The number of benzene rings is 3. The zero-order valence-corrected chi connectivity index (χ0v) is 20.9. The predicted octanol–water partition coefficient (Wildman–Crippen LogP) is 6.32. The van der Waals surface area contributed by atoms with Gasteiger partial charge in [-0.2, -0.15) is 5.26 Å². The molecule has 5 nitrogen and oxygen atoms in total. The summed E-state index contributed by atoms with van der Waals surface area (Å²) in [4.78, 5) is 20.2. The van der Waals surface area contributed by atoms with Gasteiger partial charge in [-0.05, 0) is 78.2 Å². The van der Waals surface area contributed by atoms with Crippen LogP contribution in [0.15, 0.2) is 60.8 Å². The highest BCUT2D eigenvalue weighted by Gasteiger charge is 2.25. The number of pyridine rings is 1. The lowest BCUT2D eigenvalue weighted by Crippen LogP contribution is -2.50. The predicted molar refractivity (Wildman–Crippen MR) is 141 cm³/mol. The Morgan fingerprint density at radius 2 is 1.86 bits per heavy atom. The van der Waals surface area contributed by atoms with E-state index in [4.69, 9.17) is 23.2 Å². The average molecular weight is 519 g/mol. The molecule has 4 aromatic rings. The van der Waals surface area contributed by atoms with E-state index in [2.05, 4.69) is 10.3 Å². The van der Waals surface area contributed by atoms with Crippen molar-refractivity contribution in [2.24, 2.45) is 0 Å². The van der Waals surface area contributed by atoms with E-state index in [0.717, 1.165) is 13.0 Å². The van der Waals surface area contributed by atoms with Gasteiger partial charge in [-0.25, -0.2) is 4.39 Å². The number of likely N-dealkylation sites (N-methyl/N-ethyl adjacent to an activating group) is 1. The summed E-state index contributed by atoms with van der Waals surface area (Å²) in [7, 11) is 1.78. The standard InChI is InChI=1S/C28H21Cl2FN4O/c1-35(15-23-4-5-33-23)28(36)27-24-11-17(18-6-16(13-32)7-22(31)10-18)2-3-26(24)34-14-25(27)19-8-20(29)12-21(30)9-19/h2-3,6-12,14,23,33H,4-5,15H2,1H3/t23-/m0/s1. The zero-order valence-electron chi connectivity index (χ0n) is 19.4. The molecule has 2 heterocycles. The molecule has 1 amide bonds. The molecule has 5 rings (SSSR count). The van der Waals surface area contributed by atoms with Crippen molar-refractivity contribution in [2.75, 3.05) is 20.1 Å². The minimum Gasteiger partial charge on any atom is -0.340 e. The summed E-state index contributed by atoms with van der Waals surface area (Å²) < 4.78 is 14.2. The molecule has 1 aliphatic rings. The molecular formula is C28H21Cl2FN4O. The maximum atomic E-state index is 14.2. The number of nitrogens with one attached hydrogen (secondary N) is 1. The molecule has 0 unspecified atom stereocenters. The monoisotopic (exact) mass is 518 g/mol. The van der Waals surface area contributed by atoms with Gasteiger partial charge in [0.05, 0.1) is 22.7 Å². The molecule has 0 radical (unpaired) electrons. The lowest BCUT2D eigenvalue weighted by atomic mass is 9.94. The Morgan fingerprint density at radius 3 is 2.53 bits per heavy atom. The molecule has 36 heavy (non-hydrogen) atoms. The smallest absolute Gasteiger partial charge is 0.255 e. The third-order valence-electron chi connectivity index (χ3n) is 6.38. The summed E-state index contributed by atoms with van der Waals surface area (Å²) in [5.41, 5.74) is 3.76. The van der Waals surface area contributed by atoms with Gasteiger partial charge in [0.15, 0.2) is 0 Å². The first kappa shape index (κ1) is 24.2. The number of amides is 1. The van der Waals surface area contributed by atoms with Crippen molar-refractivity contribution < 1.29 is 9.18 Å².